The first kappa shape index (κ1) is 18.8. The van der Waals surface area contributed by atoms with Crippen molar-refractivity contribution in [3.05, 3.63) is 67.5 Å². The zero-order valence-electron chi connectivity index (χ0n) is 15.1. The summed E-state index contributed by atoms with van der Waals surface area (Å²) in [5.41, 5.74) is 3.25. The van der Waals surface area contributed by atoms with Gasteiger partial charge in [-0.25, -0.2) is 4.79 Å². The molecule has 1 aliphatic rings. The molecule has 7 heteroatoms. The number of ether oxygens (including phenoxy) is 1. The lowest BCUT2D eigenvalue weighted by molar-refractivity contribution is -0.118. The van der Waals surface area contributed by atoms with E-state index in [1.54, 1.807) is 18.2 Å². The number of rotatable bonds is 4. The predicted octanol–water partition coefficient (Wildman–Crippen LogP) is 4.91. The number of hydrogen-bond acceptors (Lipinski definition) is 4. The van der Waals surface area contributed by atoms with E-state index in [-0.39, 0.29) is 18.1 Å². The highest BCUT2D eigenvalue weighted by Crippen LogP contribution is 2.35. The Morgan fingerprint density at radius 2 is 1.82 bits per heavy atom. The molecule has 0 atom stereocenters. The Kier molecular flexibility index (Phi) is 5.04. The van der Waals surface area contributed by atoms with Crippen molar-refractivity contribution in [2.75, 3.05) is 11.9 Å². The van der Waals surface area contributed by atoms with Crippen molar-refractivity contribution >= 4 is 45.8 Å². The van der Waals surface area contributed by atoms with E-state index in [2.05, 4.69) is 5.32 Å². The SMILES string of the molecule is Cc1cc(OCC(=O)Nc2cc(Cl)cc(Cl)c2)c2c3c(c(=O)oc2c1)CCC3. The Morgan fingerprint density at radius 1 is 1.11 bits per heavy atom. The molecule has 1 aliphatic carbocycles. The van der Waals surface area contributed by atoms with Crippen LogP contribution in [0, 0.1) is 6.92 Å². The van der Waals surface area contributed by atoms with Gasteiger partial charge in [-0.2, -0.15) is 0 Å². The number of aryl methyl sites for hydroxylation is 2. The van der Waals surface area contributed by atoms with Gasteiger partial charge < -0.3 is 14.5 Å². The van der Waals surface area contributed by atoms with Crippen molar-refractivity contribution in [3.63, 3.8) is 0 Å². The van der Waals surface area contributed by atoms with Gasteiger partial charge in [0.15, 0.2) is 6.61 Å². The molecule has 1 amide bonds. The summed E-state index contributed by atoms with van der Waals surface area (Å²) in [5.74, 6) is 0.193. The van der Waals surface area contributed by atoms with Crippen LogP contribution in [0.15, 0.2) is 39.5 Å². The smallest absolute Gasteiger partial charge is 0.339 e. The summed E-state index contributed by atoms with van der Waals surface area (Å²) in [6.07, 6.45) is 2.41. The van der Waals surface area contributed by atoms with Crippen LogP contribution in [-0.4, -0.2) is 12.5 Å². The minimum atomic E-state index is -0.345. The van der Waals surface area contributed by atoms with Gasteiger partial charge in [0.05, 0.1) is 5.39 Å². The molecule has 1 heterocycles. The third-order valence-electron chi connectivity index (χ3n) is 4.68. The van der Waals surface area contributed by atoms with Crippen molar-refractivity contribution in [2.24, 2.45) is 0 Å². The molecule has 0 aliphatic heterocycles. The number of carbonyl (C=O) groups excluding carboxylic acids is 1. The van der Waals surface area contributed by atoms with Gasteiger partial charge in [0.2, 0.25) is 0 Å². The van der Waals surface area contributed by atoms with Gasteiger partial charge in [-0.1, -0.05) is 23.2 Å². The highest BCUT2D eigenvalue weighted by Gasteiger charge is 2.22. The van der Waals surface area contributed by atoms with Crippen LogP contribution in [0.25, 0.3) is 11.0 Å². The second kappa shape index (κ2) is 7.49. The van der Waals surface area contributed by atoms with Crippen molar-refractivity contribution in [2.45, 2.75) is 26.2 Å². The third-order valence-corrected chi connectivity index (χ3v) is 5.12. The molecule has 0 bridgehead atoms. The molecule has 2 aromatic carbocycles. The quantitative estimate of drug-likeness (QED) is 0.611. The highest BCUT2D eigenvalue weighted by atomic mass is 35.5. The average molecular weight is 418 g/mol. The molecule has 0 fully saturated rings. The number of amides is 1. The van der Waals surface area contributed by atoms with Crippen molar-refractivity contribution < 1.29 is 13.9 Å². The van der Waals surface area contributed by atoms with Gasteiger partial charge in [-0.05, 0) is 67.6 Å². The van der Waals surface area contributed by atoms with Crippen LogP contribution in [0.5, 0.6) is 5.75 Å². The Hall–Kier alpha value is -2.50. The van der Waals surface area contributed by atoms with Crippen molar-refractivity contribution in [3.8, 4) is 5.75 Å². The molecular formula is C21H17Cl2NO4. The minimum absolute atomic E-state index is 0.198. The molecule has 0 saturated carbocycles. The molecule has 144 valence electrons. The van der Waals surface area contributed by atoms with Gasteiger partial charge in [0.1, 0.15) is 11.3 Å². The van der Waals surface area contributed by atoms with Crippen LogP contribution < -0.4 is 15.7 Å². The second-order valence-corrected chi connectivity index (χ2v) is 7.70. The molecule has 0 spiro atoms. The molecule has 28 heavy (non-hydrogen) atoms. The molecule has 0 unspecified atom stereocenters. The summed E-state index contributed by atoms with van der Waals surface area (Å²) < 4.78 is 11.3. The number of benzene rings is 2. The fraction of sp³-hybridized carbons (Fsp3) is 0.238. The number of nitrogens with one attached hydrogen (secondary N) is 1. The number of halogens is 2. The van der Waals surface area contributed by atoms with E-state index in [0.717, 1.165) is 29.4 Å². The van der Waals surface area contributed by atoms with E-state index in [1.165, 1.54) is 0 Å². The molecule has 5 nitrogen and oxygen atoms in total. The molecule has 3 aromatic rings. The van der Waals surface area contributed by atoms with Crippen molar-refractivity contribution in [1.82, 2.24) is 0 Å². The highest BCUT2D eigenvalue weighted by molar-refractivity contribution is 6.35. The largest absolute Gasteiger partial charge is 0.483 e. The van der Waals surface area contributed by atoms with E-state index < -0.39 is 0 Å². The fourth-order valence-electron chi connectivity index (χ4n) is 3.59. The lowest BCUT2D eigenvalue weighted by Crippen LogP contribution is -2.20. The first-order valence-electron chi connectivity index (χ1n) is 8.88. The monoisotopic (exact) mass is 417 g/mol. The van der Waals surface area contributed by atoms with Crippen LogP contribution >= 0.6 is 23.2 Å². The van der Waals surface area contributed by atoms with Crippen LogP contribution in [-0.2, 0) is 17.6 Å². The van der Waals surface area contributed by atoms with Crippen LogP contribution in [0.3, 0.4) is 0 Å². The Labute approximate surface area is 171 Å². The normalized spacial score (nSPS) is 12.8. The zero-order valence-corrected chi connectivity index (χ0v) is 16.6. The molecule has 1 aromatic heterocycles. The summed E-state index contributed by atoms with van der Waals surface area (Å²) in [4.78, 5) is 24.5. The van der Waals surface area contributed by atoms with E-state index >= 15 is 0 Å². The van der Waals surface area contributed by atoms with Gasteiger partial charge in [0, 0.05) is 21.3 Å². The van der Waals surface area contributed by atoms with Gasteiger partial charge in [-0.15, -0.1) is 0 Å². The Bertz CT molecular complexity index is 1130. The third kappa shape index (κ3) is 3.73. The standard InChI is InChI=1S/C21H17Cl2NO4/c1-11-5-17(20-15-3-2-4-16(15)21(26)28-18(20)6-11)27-10-19(25)24-14-8-12(22)7-13(23)9-14/h5-9H,2-4,10H2,1H3,(H,24,25). The van der Waals surface area contributed by atoms with Crippen molar-refractivity contribution in [1.29, 1.82) is 0 Å². The Balaban J connectivity index is 1.60. The predicted molar refractivity (Wildman–Crippen MR) is 110 cm³/mol. The maximum absolute atomic E-state index is 12.3. The second-order valence-electron chi connectivity index (χ2n) is 6.83. The first-order chi connectivity index (χ1) is 13.4. The van der Waals surface area contributed by atoms with Gasteiger partial charge in [-0.3, -0.25) is 4.79 Å². The maximum Gasteiger partial charge on any atom is 0.339 e. The fourth-order valence-corrected chi connectivity index (χ4v) is 4.11. The zero-order chi connectivity index (χ0) is 19.8. The lowest BCUT2D eigenvalue weighted by Gasteiger charge is -2.13. The molecule has 0 radical (unpaired) electrons. The van der Waals surface area contributed by atoms with Crippen LogP contribution in [0.4, 0.5) is 5.69 Å². The van der Waals surface area contributed by atoms with E-state index in [9.17, 15) is 9.59 Å². The maximum atomic E-state index is 12.3. The summed E-state index contributed by atoms with van der Waals surface area (Å²) in [5, 5.41) is 4.35. The first-order valence-corrected chi connectivity index (χ1v) is 9.64. The molecule has 1 N–H and O–H groups in total. The van der Waals surface area contributed by atoms with Gasteiger partial charge >= 0.3 is 5.63 Å². The Morgan fingerprint density at radius 3 is 2.57 bits per heavy atom. The topological polar surface area (TPSA) is 68.5 Å². The summed E-state index contributed by atoms with van der Waals surface area (Å²) in [6.45, 7) is 1.68. The molecule has 4 rings (SSSR count). The van der Waals surface area contributed by atoms with Crippen LogP contribution in [0.2, 0.25) is 10.0 Å². The summed E-state index contributed by atoms with van der Waals surface area (Å²) in [6, 6.07) is 8.47. The van der Waals surface area contributed by atoms with E-state index in [0.29, 0.717) is 39.0 Å². The van der Waals surface area contributed by atoms with Gasteiger partial charge in [0.25, 0.3) is 5.91 Å². The van der Waals surface area contributed by atoms with Crippen LogP contribution in [0.1, 0.15) is 23.1 Å². The molecular weight excluding hydrogens is 401 g/mol. The van der Waals surface area contributed by atoms with E-state index in [1.807, 2.05) is 19.1 Å². The lowest BCUT2D eigenvalue weighted by atomic mass is 10.0. The number of fused-ring (bicyclic) bond motifs is 3. The summed E-state index contributed by atoms with van der Waals surface area (Å²) in [7, 11) is 0. The molecule has 0 saturated heterocycles. The average Bonchev–Trinajstić information content (AvgIpc) is 3.08. The minimum Gasteiger partial charge on any atom is -0.483 e. The number of carbonyl (C=O) groups is 1. The number of hydrogen-bond donors (Lipinski definition) is 1. The van der Waals surface area contributed by atoms with E-state index in [4.69, 9.17) is 32.4 Å². The number of anilines is 1. The summed E-state index contributed by atoms with van der Waals surface area (Å²) >= 11 is 11.9.